The van der Waals surface area contributed by atoms with Crippen molar-refractivity contribution in [1.82, 2.24) is 10.2 Å². The Hall–Kier alpha value is -2.27. The van der Waals surface area contributed by atoms with E-state index in [2.05, 4.69) is 5.32 Å². The van der Waals surface area contributed by atoms with Crippen molar-refractivity contribution in [1.29, 1.82) is 0 Å². The van der Waals surface area contributed by atoms with E-state index in [1.54, 1.807) is 36.6 Å². The fraction of sp³-hybridized carbons (Fsp3) is 0.368. The molecular weight excluding hydrogens is 340 g/mol. The second-order valence-electron chi connectivity index (χ2n) is 6.90. The van der Waals surface area contributed by atoms with Gasteiger partial charge in [-0.3, -0.25) is 9.59 Å². The zero-order valence-corrected chi connectivity index (χ0v) is 14.5. The molecule has 2 heterocycles. The quantitative estimate of drug-likeness (QED) is 0.913. The van der Waals surface area contributed by atoms with E-state index in [1.807, 2.05) is 11.0 Å². The molecule has 2 atom stereocenters. The molecule has 1 spiro atoms. The molecule has 1 aliphatic carbocycles. The van der Waals surface area contributed by atoms with Gasteiger partial charge in [0.15, 0.2) is 0 Å². The van der Waals surface area contributed by atoms with Crippen LogP contribution in [0.2, 0.25) is 5.02 Å². The molecule has 2 aromatic rings. The summed E-state index contributed by atoms with van der Waals surface area (Å²) in [6.45, 7) is 1.75. The van der Waals surface area contributed by atoms with Gasteiger partial charge in [0.05, 0.1) is 12.8 Å². The molecule has 1 N–H and O–H groups in total. The lowest BCUT2D eigenvalue weighted by Crippen LogP contribution is -2.31. The highest BCUT2D eigenvalue weighted by Crippen LogP contribution is 2.58. The van der Waals surface area contributed by atoms with Crippen molar-refractivity contribution in [3.8, 4) is 0 Å². The molecule has 130 valence electrons. The van der Waals surface area contributed by atoms with Gasteiger partial charge in [-0.15, -0.1) is 0 Å². The summed E-state index contributed by atoms with van der Waals surface area (Å²) in [6.07, 6.45) is 3.32. The number of furan rings is 1. The summed E-state index contributed by atoms with van der Waals surface area (Å²) >= 11 is 5.88. The van der Waals surface area contributed by atoms with Crippen LogP contribution in [0.5, 0.6) is 0 Å². The zero-order valence-electron chi connectivity index (χ0n) is 13.7. The normalized spacial score (nSPS) is 24.5. The second kappa shape index (κ2) is 6.23. The number of rotatable bonds is 4. The molecule has 25 heavy (non-hydrogen) atoms. The van der Waals surface area contributed by atoms with Gasteiger partial charge in [0.1, 0.15) is 5.76 Å². The summed E-state index contributed by atoms with van der Waals surface area (Å²) in [4.78, 5) is 26.8. The van der Waals surface area contributed by atoms with E-state index in [1.165, 1.54) is 0 Å². The van der Waals surface area contributed by atoms with Crippen molar-refractivity contribution in [3.63, 3.8) is 0 Å². The number of nitrogens with one attached hydrogen (secondary N) is 1. The van der Waals surface area contributed by atoms with Gasteiger partial charge in [0.25, 0.3) is 5.91 Å². The third kappa shape index (κ3) is 3.16. The molecule has 1 aliphatic heterocycles. The van der Waals surface area contributed by atoms with Gasteiger partial charge in [-0.1, -0.05) is 11.6 Å². The van der Waals surface area contributed by atoms with Crippen molar-refractivity contribution >= 4 is 23.4 Å². The molecule has 5 nitrogen and oxygen atoms in total. The van der Waals surface area contributed by atoms with Gasteiger partial charge in [-0.2, -0.15) is 0 Å². The fourth-order valence-corrected chi connectivity index (χ4v) is 3.85. The number of hydrogen-bond acceptors (Lipinski definition) is 3. The lowest BCUT2D eigenvalue weighted by molar-refractivity contribution is -0.123. The first-order chi connectivity index (χ1) is 12.1. The molecule has 1 saturated heterocycles. The minimum atomic E-state index is -0.0463. The van der Waals surface area contributed by atoms with Crippen LogP contribution in [0.15, 0.2) is 47.1 Å². The zero-order chi connectivity index (χ0) is 17.4. The fourth-order valence-electron chi connectivity index (χ4n) is 3.72. The van der Waals surface area contributed by atoms with Crippen LogP contribution >= 0.6 is 11.6 Å². The number of halogens is 1. The summed E-state index contributed by atoms with van der Waals surface area (Å²) in [5.74, 6) is 0.798. The van der Waals surface area contributed by atoms with Crippen LogP contribution in [-0.2, 0) is 11.3 Å². The van der Waals surface area contributed by atoms with Crippen LogP contribution in [0.3, 0.4) is 0 Å². The molecule has 0 unspecified atom stereocenters. The third-order valence-electron chi connectivity index (χ3n) is 5.29. The predicted octanol–water partition coefficient (Wildman–Crippen LogP) is 3.10. The Morgan fingerprint density at radius 3 is 2.80 bits per heavy atom. The molecule has 1 aromatic carbocycles. The molecule has 0 bridgehead atoms. The lowest BCUT2D eigenvalue weighted by atomic mass is 10.0. The molecule has 6 heteroatoms. The predicted molar refractivity (Wildman–Crippen MR) is 93.1 cm³/mol. The Bertz CT molecular complexity index is 788. The number of hydrogen-bond donors (Lipinski definition) is 1. The number of likely N-dealkylation sites (tertiary alicyclic amines) is 1. The number of carbonyl (C=O) groups excluding carboxylic acids is 2. The summed E-state index contributed by atoms with van der Waals surface area (Å²) in [5, 5.41) is 3.55. The maximum atomic E-state index is 12.6. The highest BCUT2D eigenvalue weighted by Gasteiger charge is 2.61. The summed E-state index contributed by atoms with van der Waals surface area (Å²) in [5.41, 5.74) is 0.593. The Kier molecular flexibility index (Phi) is 4.04. The van der Waals surface area contributed by atoms with Crippen LogP contribution in [0.1, 0.15) is 29.0 Å². The van der Waals surface area contributed by atoms with E-state index in [0.717, 1.165) is 18.6 Å². The van der Waals surface area contributed by atoms with E-state index in [9.17, 15) is 9.59 Å². The monoisotopic (exact) mass is 358 g/mol. The smallest absolute Gasteiger partial charge is 0.253 e. The van der Waals surface area contributed by atoms with Gasteiger partial charge in [0.2, 0.25) is 5.91 Å². The molecule has 2 aliphatic rings. The topological polar surface area (TPSA) is 62.6 Å². The average molecular weight is 359 g/mol. The van der Waals surface area contributed by atoms with Gasteiger partial charge in [-0.05, 0) is 49.2 Å². The Morgan fingerprint density at radius 1 is 1.28 bits per heavy atom. The maximum Gasteiger partial charge on any atom is 0.253 e. The lowest BCUT2D eigenvalue weighted by Gasteiger charge is -2.17. The molecule has 2 fully saturated rings. The van der Waals surface area contributed by atoms with Crippen LogP contribution in [0.25, 0.3) is 0 Å². The molecular formula is C19H19ClN2O3. The minimum Gasteiger partial charge on any atom is -0.467 e. The summed E-state index contributed by atoms with van der Waals surface area (Å²) < 4.78 is 5.23. The van der Waals surface area contributed by atoms with E-state index in [-0.39, 0.29) is 23.1 Å². The van der Waals surface area contributed by atoms with Crippen molar-refractivity contribution < 1.29 is 14.0 Å². The molecule has 4 rings (SSSR count). The molecule has 1 saturated carbocycles. The minimum absolute atomic E-state index is 0.00881. The van der Waals surface area contributed by atoms with Crippen LogP contribution in [-0.4, -0.2) is 29.8 Å². The van der Waals surface area contributed by atoms with E-state index < -0.39 is 0 Å². The van der Waals surface area contributed by atoms with Crippen LogP contribution in [0.4, 0.5) is 0 Å². The first kappa shape index (κ1) is 16.2. The molecule has 2 amide bonds. The van der Waals surface area contributed by atoms with E-state index >= 15 is 0 Å². The first-order valence-electron chi connectivity index (χ1n) is 8.42. The average Bonchev–Trinajstić information content (AvgIpc) is 2.96. The largest absolute Gasteiger partial charge is 0.467 e. The van der Waals surface area contributed by atoms with Crippen molar-refractivity contribution in [2.75, 3.05) is 13.1 Å². The summed E-state index contributed by atoms with van der Waals surface area (Å²) in [6, 6.07) is 10.6. The van der Waals surface area contributed by atoms with Gasteiger partial charge in [-0.25, -0.2) is 0 Å². The standard InChI is InChI=1S/C19H19ClN2O3/c20-14-5-3-13(4-6-14)18(24)22-8-7-19(12-22)10-16(19)17(23)21-11-15-2-1-9-25-15/h1-6,9,16H,7-8,10-12H2,(H,21,23)/t16-,19+/m0/s1. The van der Waals surface area contributed by atoms with Crippen LogP contribution in [0, 0.1) is 11.3 Å². The van der Waals surface area contributed by atoms with Gasteiger partial charge in [0, 0.05) is 35.0 Å². The first-order valence-corrected chi connectivity index (χ1v) is 8.80. The number of benzene rings is 1. The number of carbonyl (C=O) groups is 2. The maximum absolute atomic E-state index is 12.6. The summed E-state index contributed by atoms with van der Waals surface area (Å²) in [7, 11) is 0. The highest BCUT2D eigenvalue weighted by molar-refractivity contribution is 6.30. The van der Waals surface area contributed by atoms with Crippen molar-refractivity contribution in [2.24, 2.45) is 11.3 Å². The number of amides is 2. The SMILES string of the molecule is O=C(NCc1ccco1)[C@@H]1C[C@@]12CCN(C(=O)c1ccc(Cl)cc1)C2. The Morgan fingerprint density at radius 2 is 2.08 bits per heavy atom. The van der Waals surface area contributed by atoms with Gasteiger partial charge >= 0.3 is 0 Å². The molecule has 1 aromatic heterocycles. The van der Waals surface area contributed by atoms with Gasteiger partial charge < -0.3 is 14.6 Å². The Labute approximate surface area is 150 Å². The molecule has 0 radical (unpaired) electrons. The number of nitrogens with zero attached hydrogens (tertiary/aromatic N) is 1. The Balaban J connectivity index is 1.34. The second-order valence-corrected chi connectivity index (χ2v) is 7.34. The van der Waals surface area contributed by atoms with Crippen molar-refractivity contribution in [2.45, 2.75) is 19.4 Å². The van der Waals surface area contributed by atoms with Crippen LogP contribution < -0.4 is 5.32 Å². The third-order valence-corrected chi connectivity index (χ3v) is 5.54. The highest BCUT2D eigenvalue weighted by atomic mass is 35.5. The van der Waals surface area contributed by atoms with E-state index in [4.69, 9.17) is 16.0 Å². The van der Waals surface area contributed by atoms with E-state index in [0.29, 0.717) is 30.2 Å². The van der Waals surface area contributed by atoms with Crippen molar-refractivity contribution in [3.05, 3.63) is 59.0 Å².